The summed E-state index contributed by atoms with van der Waals surface area (Å²) in [7, 11) is 1.66. The number of fused-ring (bicyclic) bond motifs is 4. The first kappa shape index (κ1) is 18.5. The van der Waals surface area contributed by atoms with Crippen LogP contribution in [0.1, 0.15) is 18.5 Å². The summed E-state index contributed by atoms with van der Waals surface area (Å²) in [6, 6.07) is 16.1. The number of nitrogens with zero attached hydrogens (tertiary/aromatic N) is 2. The van der Waals surface area contributed by atoms with Gasteiger partial charge >= 0.3 is 6.03 Å². The summed E-state index contributed by atoms with van der Waals surface area (Å²) in [5.41, 5.74) is 3.23. The molecule has 1 fully saturated rings. The molecule has 2 aliphatic heterocycles. The number of para-hydroxylation sites is 1. The second-order valence-corrected chi connectivity index (χ2v) is 7.75. The van der Waals surface area contributed by atoms with Crippen molar-refractivity contribution in [2.24, 2.45) is 0 Å². The van der Waals surface area contributed by atoms with Crippen molar-refractivity contribution >= 4 is 17.4 Å². The third-order valence-electron chi connectivity index (χ3n) is 6.10. The van der Waals surface area contributed by atoms with Gasteiger partial charge in [-0.1, -0.05) is 12.1 Å². The second-order valence-electron chi connectivity index (χ2n) is 7.75. The summed E-state index contributed by atoms with van der Waals surface area (Å²) in [5, 5.41) is 6.41. The largest absolute Gasteiger partial charge is 0.497 e. The van der Waals surface area contributed by atoms with Crippen molar-refractivity contribution in [1.29, 1.82) is 0 Å². The molecule has 2 aromatic carbocycles. The molecule has 154 valence electrons. The van der Waals surface area contributed by atoms with Crippen LogP contribution in [0.15, 0.2) is 60.8 Å². The number of carbonyl (C=O) groups excluding carboxylic acids is 1. The Balaban J connectivity index is 1.36. The number of methoxy groups -OCH3 is 1. The molecule has 1 aromatic heterocycles. The Morgan fingerprint density at radius 1 is 1.13 bits per heavy atom. The molecule has 2 N–H and O–H groups in total. The maximum atomic E-state index is 13.9. The molecule has 0 unspecified atom stereocenters. The van der Waals surface area contributed by atoms with Gasteiger partial charge in [-0.05, 0) is 49.2 Å². The fourth-order valence-electron chi connectivity index (χ4n) is 4.48. The number of amides is 2. The Kier molecular flexibility index (Phi) is 4.38. The molecule has 3 aromatic rings. The van der Waals surface area contributed by atoms with Gasteiger partial charge in [-0.3, -0.25) is 0 Å². The number of aromatic nitrogens is 1. The van der Waals surface area contributed by atoms with Crippen LogP contribution >= 0.6 is 0 Å². The van der Waals surface area contributed by atoms with E-state index in [0.29, 0.717) is 13.1 Å². The van der Waals surface area contributed by atoms with Crippen LogP contribution < -0.4 is 15.4 Å². The molecular weight excluding hydrogens is 383 g/mol. The predicted molar refractivity (Wildman–Crippen MR) is 114 cm³/mol. The average molecular weight is 406 g/mol. The summed E-state index contributed by atoms with van der Waals surface area (Å²) in [5.74, 6) is 0.366. The van der Waals surface area contributed by atoms with Crippen molar-refractivity contribution in [3.63, 3.8) is 0 Å². The summed E-state index contributed by atoms with van der Waals surface area (Å²) >= 11 is 0. The molecule has 7 heteroatoms. The van der Waals surface area contributed by atoms with Crippen molar-refractivity contribution in [2.45, 2.75) is 18.4 Å². The van der Waals surface area contributed by atoms with E-state index in [0.717, 1.165) is 30.0 Å². The molecular formula is C23H23FN4O2. The molecule has 2 amide bonds. The predicted octanol–water partition coefficient (Wildman–Crippen LogP) is 4.57. The number of nitrogens with one attached hydrogen (secondary N) is 2. The van der Waals surface area contributed by atoms with Crippen molar-refractivity contribution in [3.05, 3.63) is 72.3 Å². The van der Waals surface area contributed by atoms with Crippen molar-refractivity contribution in [1.82, 2.24) is 9.47 Å². The highest BCUT2D eigenvalue weighted by Crippen LogP contribution is 2.44. The van der Waals surface area contributed by atoms with E-state index >= 15 is 0 Å². The van der Waals surface area contributed by atoms with Crippen LogP contribution in [-0.4, -0.2) is 35.7 Å². The van der Waals surface area contributed by atoms with Gasteiger partial charge in [-0.25, -0.2) is 9.18 Å². The van der Waals surface area contributed by atoms with Crippen molar-refractivity contribution in [2.75, 3.05) is 30.8 Å². The van der Waals surface area contributed by atoms with Crippen LogP contribution in [0, 0.1) is 5.82 Å². The zero-order chi connectivity index (χ0) is 20.7. The molecule has 6 nitrogen and oxygen atoms in total. The molecule has 0 bridgehead atoms. The standard InChI is InChI=1S/C23H23FN4O2/c1-30-16-8-9-20-19(15-16)26-23(21-7-4-12-28(20)21)10-13-27(14-11-23)22(29)25-18-6-3-2-5-17(18)24/h2-9,12,15,26H,10-11,13-14H2,1H3,(H,25,29). The Hall–Kier alpha value is -3.48. The van der Waals surface area contributed by atoms with E-state index in [4.69, 9.17) is 4.74 Å². The number of anilines is 2. The minimum Gasteiger partial charge on any atom is -0.497 e. The lowest BCUT2D eigenvalue weighted by Gasteiger charge is -2.46. The Labute approximate surface area is 174 Å². The van der Waals surface area contributed by atoms with Crippen LogP contribution in [0.25, 0.3) is 5.69 Å². The Morgan fingerprint density at radius 3 is 2.70 bits per heavy atom. The second kappa shape index (κ2) is 7.09. The van der Waals surface area contributed by atoms with E-state index in [9.17, 15) is 9.18 Å². The Morgan fingerprint density at radius 2 is 1.93 bits per heavy atom. The molecule has 0 atom stereocenters. The Bertz CT molecular complexity index is 1100. The zero-order valence-corrected chi connectivity index (χ0v) is 16.7. The topological polar surface area (TPSA) is 58.5 Å². The molecule has 3 heterocycles. The summed E-state index contributed by atoms with van der Waals surface area (Å²) in [6.07, 6.45) is 3.57. The fourth-order valence-corrected chi connectivity index (χ4v) is 4.48. The normalized spacial score (nSPS) is 16.4. The van der Waals surface area contributed by atoms with Gasteiger partial charge in [-0.15, -0.1) is 0 Å². The van der Waals surface area contributed by atoms with Gasteiger partial charge in [0.05, 0.1) is 29.7 Å². The van der Waals surface area contributed by atoms with Gasteiger partial charge in [0.1, 0.15) is 11.6 Å². The molecule has 30 heavy (non-hydrogen) atoms. The fraction of sp³-hybridized carbons (Fsp3) is 0.261. The lowest BCUT2D eigenvalue weighted by Crippen LogP contribution is -2.51. The number of rotatable bonds is 2. The number of halogens is 1. The highest BCUT2D eigenvalue weighted by Gasteiger charge is 2.42. The van der Waals surface area contributed by atoms with Gasteiger partial charge in [-0.2, -0.15) is 0 Å². The van der Waals surface area contributed by atoms with Gasteiger partial charge in [0, 0.05) is 31.0 Å². The molecule has 1 saturated heterocycles. The van der Waals surface area contributed by atoms with E-state index in [-0.39, 0.29) is 17.3 Å². The van der Waals surface area contributed by atoms with E-state index in [2.05, 4.69) is 39.6 Å². The van der Waals surface area contributed by atoms with Gasteiger partial charge < -0.3 is 24.8 Å². The van der Waals surface area contributed by atoms with E-state index in [1.807, 2.05) is 12.1 Å². The minimum atomic E-state index is -0.434. The monoisotopic (exact) mass is 406 g/mol. The first-order valence-corrected chi connectivity index (χ1v) is 10.0. The van der Waals surface area contributed by atoms with Crippen LogP contribution in [0.5, 0.6) is 5.75 Å². The quantitative estimate of drug-likeness (QED) is 0.655. The number of benzene rings is 2. The molecule has 5 rings (SSSR count). The summed E-state index contributed by atoms with van der Waals surface area (Å²) in [6.45, 7) is 1.13. The number of hydrogen-bond acceptors (Lipinski definition) is 3. The maximum absolute atomic E-state index is 13.9. The SMILES string of the molecule is COc1ccc2c(c1)NC1(CCN(C(=O)Nc3ccccc3F)CC1)c1cccn1-2. The van der Waals surface area contributed by atoms with Crippen LogP contribution in [0.2, 0.25) is 0 Å². The highest BCUT2D eigenvalue weighted by molar-refractivity contribution is 5.89. The number of carbonyl (C=O) groups is 1. The summed E-state index contributed by atoms with van der Waals surface area (Å²) < 4.78 is 21.5. The highest BCUT2D eigenvalue weighted by atomic mass is 19.1. The molecule has 0 saturated carbocycles. The first-order valence-electron chi connectivity index (χ1n) is 10.0. The number of ether oxygens (including phenoxy) is 1. The van der Waals surface area contributed by atoms with Gasteiger partial charge in [0.2, 0.25) is 0 Å². The molecule has 0 aliphatic carbocycles. The number of urea groups is 1. The smallest absolute Gasteiger partial charge is 0.321 e. The molecule has 0 radical (unpaired) electrons. The maximum Gasteiger partial charge on any atom is 0.321 e. The van der Waals surface area contributed by atoms with E-state index in [1.165, 1.54) is 11.8 Å². The van der Waals surface area contributed by atoms with E-state index in [1.54, 1.807) is 30.2 Å². The first-order chi connectivity index (χ1) is 14.6. The van der Waals surface area contributed by atoms with Crippen LogP contribution in [-0.2, 0) is 5.54 Å². The zero-order valence-electron chi connectivity index (χ0n) is 16.7. The van der Waals surface area contributed by atoms with E-state index < -0.39 is 5.82 Å². The lowest BCUT2D eigenvalue weighted by molar-refractivity contribution is 0.174. The van der Waals surface area contributed by atoms with Crippen molar-refractivity contribution < 1.29 is 13.9 Å². The van der Waals surface area contributed by atoms with Gasteiger partial charge in [0.25, 0.3) is 0 Å². The van der Waals surface area contributed by atoms with Gasteiger partial charge in [0.15, 0.2) is 0 Å². The molecule has 1 spiro atoms. The molecule has 2 aliphatic rings. The number of piperidine rings is 1. The third-order valence-corrected chi connectivity index (χ3v) is 6.10. The lowest BCUT2D eigenvalue weighted by atomic mass is 9.82. The minimum absolute atomic E-state index is 0.202. The third kappa shape index (κ3) is 2.98. The van der Waals surface area contributed by atoms with Crippen molar-refractivity contribution in [3.8, 4) is 11.4 Å². The van der Waals surface area contributed by atoms with Crippen LogP contribution in [0.4, 0.5) is 20.6 Å². The summed E-state index contributed by atoms with van der Waals surface area (Å²) in [4.78, 5) is 14.4. The number of likely N-dealkylation sites (tertiary alicyclic amines) is 1. The van der Waals surface area contributed by atoms with Crippen LogP contribution in [0.3, 0.4) is 0 Å². The number of hydrogen-bond donors (Lipinski definition) is 2. The average Bonchev–Trinajstić information content (AvgIpc) is 3.27.